The molecule has 2 aromatic rings. The van der Waals surface area contributed by atoms with Gasteiger partial charge < -0.3 is 4.74 Å². The second kappa shape index (κ2) is 7.39. The zero-order valence-electron chi connectivity index (χ0n) is 14.6. The van der Waals surface area contributed by atoms with E-state index in [9.17, 15) is 9.59 Å². The zero-order valence-corrected chi connectivity index (χ0v) is 14.6. The first kappa shape index (κ1) is 17.9. The lowest BCUT2D eigenvalue weighted by Crippen LogP contribution is -2.25. The maximum Gasteiger partial charge on any atom is 0.314 e. The van der Waals surface area contributed by atoms with Gasteiger partial charge in [-0.3, -0.25) is 14.6 Å². The summed E-state index contributed by atoms with van der Waals surface area (Å²) in [4.78, 5) is 28.6. The topological polar surface area (TPSA) is 56.3 Å². The molecule has 2 rings (SSSR count). The number of benzene rings is 1. The Morgan fingerprint density at radius 1 is 1.12 bits per heavy atom. The van der Waals surface area contributed by atoms with E-state index in [1.807, 2.05) is 37.3 Å². The van der Waals surface area contributed by atoms with Gasteiger partial charge in [-0.2, -0.15) is 0 Å². The number of carbonyl (C=O) groups excluding carboxylic acids is 2. The molecule has 0 spiro atoms. The molecule has 0 bridgehead atoms. The number of aryl methyl sites for hydroxylation is 1. The number of esters is 1. The molecule has 4 nitrogen and oxygen atoms in total. The van der Waals surface area contributed by atoms with Gasteiger partial charge in [-0.25, -0.2) is 0 Å². The molecule has 126 valence electrons. The predicted molar refractivity (Wildman–Crippen MR) is 93.8 cm³/mol. The van der Waals surface area contributed by atoms with Gasteiger partial charge in [0.05, 0.1) is 0 Å². The van der Waals surface area contributed by atoms with Crippen molar-refractivity contribution in [2.45, 2.75) is 46.1 Å². The fraction of sp³-hybridized carbons (Fsp3) is 0.350. The first-order valence-electron chi connectivity index (χ1n) is 8.09. The largest absolute Gasteiger partial charge is 0.460 e. The van der Waals surface area contributed by atoms with Gasteiger partial charge in [0, 0.05) is 23.0 Å². The number of pyridine rings is 1. The molecular formula is C20H23NO3. The molecule has 1 heterocycles. The molecule has 1 aromatic heterocycles. The molecule has 0 amide bonds. The van der Waals surface area contributed by atoms with E-state index in [1.54, 1.807) is 33.0 Å². The Bertz CT molecular complexity index is 745. The average molecular weight is 325 g/mol. The molecule has 0 unspecified atom stereocenters. The summed E-state index contributed by atoms with van der Waals surface area (Å²) in [5.74, 6) is -0.749. The van der Waals surface area contributed by atoms with Crippen LogP contribution in [-0.4, -0.2) is 22.3 Å². The van der Waals surface area contributed by atoms with E-state index in [2.05, 4.69) is 4.98 Å². The Morgan fingerprint density at radius 2 is 1.88 bits per heavy atom. The van der Waals surface area contributed by atoms with Crippen LogP contribution in [0.3, 0.4) is 0 Å². The molecule has 0 aliphatic rings. The highest BCUT2D eigenvalue weighted by Gasteiger charge is 2.20. The Hall–Kier alpha value is -2.49. The normalized spacial score (nSPS) is 11.2. The molecular weight excluding hydrogens is 302 g/mol. The smallest absolute Gasteiger partial charge is 0.314 e. The van der Waals surface area contributed by atoms with Gasteiger partial charge in [0.25, 0.3) is 0 Å². The van der Waals surface area contributed by atoms with Crippen LogP contribution >= 0.6 is 0 Å². The lowest BCUT2D eigenvalue weighted by atomic mass is 9.98. The van der Waals surface area contributed by atoms with Crippen molar-refractivity contribution >= 4 is 11.8 Å². The van der Waals surface area contributed by atoms with Crippen LogP contribution < -0.4 is 0 Å². The van der Waals surface area contributed by atoms with E-state index in [4.69, 9.17) is 4.74 Å². The molecule has 0 saturated heterocycles. The monoisotopic (exact) mass is 325 g/mol. The number of Topliss-reactive ketones (excluding diaryl/α,β-unsaturated/α-hetero) is 1. The summed E-state index contributed by atoms with van der Waals surface area (Å²) < 4.78 is 5.21. The summed E-state index contributed by atoms with van der Waals surface area (Å²) in [6.45, 7) is 7.39. The van der Waals surface area contributed by atoms with Crippen molar-refractivity contribution in [3.8, 4) is 11.1 Å². The molecule has 0 fully saturated rings. The molecule has 1 aromatic carbocycles. The van der Waals surface area contributed by atoms with Crippen molar-refractivity contribution in [2.75, 3.05) is 0 Å². The minimum Gasteiger partial charge on any atom is -0.460 e. The molecule has 0 aliphatic carbocycles. The van der Waals surface area contributed by atoms with E-state index in [0.717, 1.165) is 23.2 Å². The highest BCUT2D eigenvalue weighted by atomic mass is 16.6. The average Bonchev–Trinajstić information content (AvgIpc) is 2.53. The van der Waals surface area contributed by atoms with Crippen molar-refractivity contribution in [2.24, 2.45) is 0 Å². The van der Waals surface area contributed by atoms with Crippen LogP contribution in [0.5, 0.6) is 0 Å². The number of rotatable bonds is 5. The third-order valence-corrected chi connectivity index (χ3v) is 3.45. The Labute approximate surface area is 142 Å². The molecule has 0 aliphatic heterocycles. The SMILES string of the molecule is CCc1ncccc1-c1cccc(C(=O)CC(=O)OC(C)(C)C)c1. The van der Waals surface area contributed by atoms with Crippen LogP contribution in [0.15, 0.2) is 42.6 Å². The first-order chi connectivity index (χ1) is 11.3. The number of aromatic nitrogens is 1. The highest BCUT2D eigenvalue weighted by molar-refractivity contribution is 6.06. The van der Waals surface area contributed by atoms with Crippen LogP contribution in [0, 0.1) is 0 Å². The summed E-state index contributed by atoms with van der Waals surface area (Å²) in [6.07, 6.45) is 2.32. The molecule has 4 heteroatoms. The summed E-state index contributed by atoms with van der Waals surface area (Å²) in [5, 5.41) is 0. The van der Waals surface area contributed by atoms with Gasteiger partial charge in [-0.15, -0.1) is 0 Å². The second-order valence-electron chi connectivity index (χ2n) is 6.62. The van der Waals surface area contributed by atoms with Crippen molar-refractivity contribution in [1.82, 2.24) is 4.98 Å². The van der Waals surface area contributed by atoms with Gasteiger partial charge >= 0.3 is 5.97 Å². The summed E-state index contributed by atoms with van der Waals surface area (Å²) in [6, 6.07) is 11.2. The van der Waals surface area contributed by atoms with Gasteiger partial charge in [-0.05, 0) is 44.9 Å². The Balaban J connectivity index is 2.21. The summed E-state index contributed by atoms with van der Waals surface area (Å²) >= 11 is 0. The predicted octanol–water partition coefficient (Wildman–Crippen LogP) is 4.23. The quantitative estimate of drug-likeness (QED) is 0.469. The van der Waals surface area contributed by atoms with Gasteiger partial charge in [0.1, 0.15) is 12.0 Å². The minimum atomic E-state index is -0.592. The van der Waals surface area contributed by atoms with Crippen molar-refractivity contribution in [3.63, 3.8) is 0 Å². The Morgan fingerprint density at radius 3 is 2.54 bits per heavy atom. The third kappa shape index (κ3) is 4.75. The number of ether oxygens (including phenoxy) is 1. The molecule has 24 heavy (non-hydrogen) atoms. The van der Waals surface area contributed by atoms with Gasteiger partial charge in [0.2, 0.25) is 0 Å². The third-order valence-electron chi connectivity index (χ3n) is 3.45. The standard InChI is InChI=1S/C20H23NO3/c1-5-17-16(10-7-11-21-17)14-8-6-9-15(12-14)18(22)13-19(23)24-20(2,3)4/h6-12H,5,13H2,1-4H3. The van der Waals surface area contributed by atoms with Crippen LogP contribution in [0.2, 0.25) is 0 Å². The fourth-order valence-corrected chi connectivity index (χ4v) is 2.45. The minimum absolute atomic E-state index is 0.243. The van der Waals surface area contributed by atoms with E-state index in [-0.39, 0.29) is 12.2 Å². The van der Waals surface area contributed by atoms with E-state index < -0.39 is 11.6 Å². The number of hydrogen-bond donors (Lipinski definition) is 0. The lowest BCUT2D eigenvalue weighted by Gasteiger charge is -2.19. The van der Waals surface area contributed by atoms with Crippen LogP contribution in [0.25, 0.3) is 11.1 Å². The summed E-state index contributed by atoms with van der Waals surface area (Å²) in [5.41, 5.74) is 2.82. The number of ketones is 1. The molecule has 0 atom stereocenters. The van der Waals surface area contributed by atoms with E-state index >= 15 is 0 Å². The maximum atomic E-state index is 12.4. The van der Waals surface area contributed by atoms with Crippen LogP contribution in [0.4, 0.5) is 0 Å². The van der Waals surface area contributed by atoms with E-state index in [0.29, 0.717) is 5.56 Å². The van der Waals surface area contributed by atoms with E-state index in [1.165, 1.54) is 0 Å². The fourth-order valence-electron chi connectivity index (χ4n) is 2.45. The second-order valence-corrected chi connectivity index (χ2v) is 6.62. The molecule has 0 N–H and O–H groups in total. The number of nitrogens with zero attached hydrogens (tertiary/aromatic N) is 1. The number of carbonyl (C=O) groups is 2. The lowest BCUT2D eigenvalue weighted by molar-refractivity contribution is -0.153. The van der Waals surface area contributed by atoms with Crippen molar-refractivity contribution in [1.29, 1.82) is 0 Å². The molecule has 0 saturated carbocycles. The van der Waals surface area contributed by atoms with Crippen molar-refractivity contribution in [3.05, 3.63) is 53.9 Å². The Kier molecular flexibility index (Phi) is 5.50. The maximum absolute atomic E-state index is 12.4. The zero-order chi connectivity index (χ0) is 17.7. The highest BCUT2D eigenvalue weighted by Crippen LogP contribution is 2.24. The first-order valence-corrected chi connectivity index (χ1v) is 8.09. The van der Waals surface area contributed by atoms with Crippen LogP contribution in [-0.2, 0) is 16.0 Å². The molecule has 0 radical (unpaired) electrons. The number of hydrogen-bond acceptors (Lipinski definition) is 4. The van der Waals surface area contributed by atoms with Gasteiger partial charge in [0.15, 0.2) is 5.78 Å². The van der Waals surface area contributed by atoms with Crippen LogP contribution in [0.1, 0.15) is 50.2 Å². The van der Waals surface area contributed by atoms with Gasteiger partial charge in [-0.1, -0.05) is 31.2 Å². The van der Waals surface area contributed by atoms with Crippen molar-refractivity contribution < 1.29 is 14.3 Å². The summed E-state index contributed by atoms with van der Waals surface area (Å²) in [7, 11) is 0.